The van der Waals surface area contributed by atoms with Gasteiger partial charge in [-0.1, -0.05) is 39.7 Å². The molecule has 0 unspecified atom stereocenters. The van der Waals surface area contributed by atoms with Crippen LogP contribution in [0.4, 0.5) is 5.69 Å². The number of benzene rings is 3. The van der Waals surface area contributed by atoms with Crippen molar-refractivity contribution in [1.82, 2.24) is 5.32 Å². The van der Waals surface area contributed by atoms with Crippen LogP contribution in [-0.2, 0) is 21.4 Å². The van der Waals surface area contributed by atoms with Crippen LogP contribution in [0.2, 0.25) is 5.02 Å². The number of carbonyl (C=O) groups is 1. The minimum atomic E-state index is -3.73. The van der Waals surface area contributed by atoms with Crippen LogP contribution in [0.3, 0.4) is 0 Å². The summed E-state index contributed by atoms with van der Waals surface area (Å²) in [6, 6.07) is 19.8. The lowest BCUT2D eigenvalue weighted by molar-refractivity contribution is -0.123. The highest BCUT2D eigenvalue weighted by molar-refractivity contribution is 9.10. The van der Waals surface area contributed by atoms with Crippen molar-refractivity contribution in [3.05, 3.63) is 87.9 Å². The summed E-state index contributed by atoms with van der Waals surface area (Å²) in [6.45, 7) is 0.176. The molecule has 0 atom stereocenters. The van der Waals surface area contributed by atoms with E-state index in [-0.39, 0.29) is 17.4 Å². The Morgan fingerprint density at radius 3 is 2.20 bits per heavy atom. The largest absolute Gasteiger partial charge is 0.484 e. The summed E-state index contributed by atoms with van der Waals surface area (Å²) in [7, 11) is -3.73. The molecule has 1 amide bonds. The SMILES string of the molecule is O=C(COc1ccc(S(=O)(=O)Nc2ccc(Br)cc2)cc1)NCc1ccc(Cl)cc1. The highest BCUT2D eigenvalue weighted by atomic mass is 79.9. The Morgan fingerprint density at radius 1 is 0.933 bits per heavy atom. The number of hydrogen-bond acceptors (Lipinski definition) is 4. The Bertz CT molecular complexity index is 1100. The minimum absolute atomic E-state index is 0.0879. The lowest BCUT2D eigenvalue weighted by atomic mass is 10.2. The summed E-state index contributed by atoms with van der Waals surface area (Å²) in [4.78, 5) is 12.0. The highest BCUT2D eigenvalue weighted by Gasteiger charge is 2.14. The van der Waals surface area contributed by atoms with Gasteiger partial charge in [-0.25, -0.2) is 8.42 Å². The Hall–Kier alpha value is -2.55. The molecular weight excluding hydrogens is 492 g/mol. The number of amides is 1. The summed E-state index contributed by atoms with van der Waals surface area (Å²) < 4.78 is 33.7. The standard InChI is InChI=1S/C21H18BrClN2O4S/c22-16-3-7-18(8-4-16)25-30(27,28)20-11-9-19(10-12-20)29-14-21(26)24-13-15-1-5-17(23)6-2-15/h1-12,25H,13-14H2,(H,24,26). The molecule has 0 aliphatic rings. The van der Waals surface area contributed by atoms with Gasteiger partial charge in [-0.15, -0.1) is 0 Å². The summed E-state index contributed by atoms with van der Waals surface area (Å²) in [5.41, 5.74) is 1.37. The third-order valence-corrected chi connectivity index (χ3v) is 6.18. The molecule has 0 radical (unpaired) electrons. The topological polar surface area (TPSA) is 84.5 Å². The molecule has 0 bridgehead atoms. The first-order valence-corrected chi connectivity index (χ1v) is 11.5. The van der Waals surface area contributed by atoms with Crippen molar-refractivity contribution in [3.63, 3.8) is 0 Å². The predicted molar refractivity (Wildman–Crippen MR) is 120 cm³/mol. The predicted octanol–water partition coefficient (Wildman–Crippen LogP) is 4.60. The molecule has 0 aromatic heterocycles. The molecule has 0 heterocycles. The Balaban J connectivity index is 1.51. The van der Waals surface area contributed by atoms with Crippen molar-refractivity contribution >= 4 is 49.1 Å². The number of nitrogens with one attached hydrogen (secondary N) is 2. The molecule has 0 spiro atoms. The molecule has 0 fully saturated rings. The Labute approximate surface area is 188 Å². The first kappa shape index (κ1) is 22.1. The molecule has 6 nitrogen and oxygen atoms in total. The van der Waals surface area contributed by atoms with E-state index >= 15 is 0 Å². The third kappa shape index (κ3) is 6.48. The van der Waals surface area contributed by atoms with Crippen LogP contribution in [-0.4, -0.2) is 20.9 Å². The van der Waals surface area contributed by atoms with E-state index in [0.29, 0.717) is 23.0 Å². The van der Waals surface area contributed by atoms with E-state index in [9.17, 15) is 13.2 Å². The fraction of sp³-hybridized carbons (Fsp3) is 0.0952. The molecule has 0 saturated carbocycles. The van der Waals surface area contributed by atoms with Crippen LogP contribution in [0.5, 0.6) is 5.75 Å². The summed E-state index contributed by atoms with van der Waals surface area (Å²) in [5, 5.41) is 3.37. The van der Waals surface area contributed by atoms with Gasteiger partial charge in [0.25, 0.3) is 15.9 Å². The van der Waals surface area contributed by atoms with Crippen molar-refractivity contribution in [2.45, 2.75) is 11.4 Å². The number of ether oxygens (including phenoxy) is 1. The Kier molecular flexibility index (Phi) is 7.36. The second-order valence-electron chi connectivity index (χ2n) is 6.28. The fourth-order valence-corrected chi connectivity index (χ4v) is 3.90. The zero-order valence-corrected chi connectivity index (χ0v) is 18.8. The second-order valence-corrected chi connectivity index (χ2v) is 9.31. The van der Waals surface area contributed by atoms with E-state index in [1.54, 1.807) is 36.4 Å². The molecule has 0 aliphatic heterocycles. The number of halogens is 2. The van der Waals surface area contributed by atoms with Gasteiger partial charge in [0.05, 0.1) is 4.90 Å². The van der Waals surface area contributed by atoms with Gasteiger partial charge in [0, 0.05) is 21.7 Å². The third-order valence-electron chi connectivity index (χ3n) is 4.00. The smallest absolute Gasteiger partial charge is 0.261 e. The molecule has 30 heavy (non-hydrogen) atoms. The quantitative estimate of drug-likeness (QED) is 0.465. The number of carbonyl (C=O) groups excluding carboxylic acids is 1. The number of hydrogen-bond donors (Lipinski definition) is 2. The van der Waals surface area contributed by atoms with E-state index < -0.39 is 10.0 Å². The van der Waals surface area contributed by atoms with Gasteiger partial charge in [0.1, 0.15) is 5.75 Å². The van der Waals surface area contributed by atoms with E-state index in [2.05, 4.69) is 26.0 Å². The number of sulfonamides is 1. The maximum atomic E-state index is 12.5. The molecule has 0 aliphatic carbocycles. The van der Waals surface area contributed by atoms with Gasteiger partial charge in [0.2, 0.25) is 0 Å². The van der Waals surface area contributed by atoms with Crippen molar-refractivity contribution < 1.29 is 17.9 Å². The van der Waals surface area contributed by atoms with Crippen LogP contribution >= 0.6 is 27.5 Å². The molecule has 3 rings (SSSR count). The number of anilines is 1. The average molecular weight is 510 g/mol. The molecule has 3 aromatic rings. The first-order valence-electron chi connectivity index (χ1n) is 8.84. The van der Waals surface area contributed by atoms with E-state index in [0.717, 1.165) is 10.0 Å². The van der Waals surface area contributed by atoms with Gasteiger partial charge in [-0.3, -0.25) is 9.52 Å². The van der Waals surface area contributed by atoms with E-state index in [1.165, 1.54) is 24.3 Å². The zero-order valence-electron chi connectivity index (χ0n) is 15.6. The molecule has 0 saturated heterocycles. The second kappa shape index (κ2) is 9.97. The van der Waals surface area contributed by atoms with Gasteiger partial charge < -0.3 is 10.1 Å². The van der Waals surface area contributed by atoms with Crippen molar-refractivity contribution in [2.75, 3.05) is 11.3 Å². The minimum Gasteiger partial charge on any atom is -0.484 e. The van der Waals surface area contributed by atoms with Gasteiger partial charge in [0.15, 0.2) is 6.61 Å². The van der Waals surface area contributed by atoms with Crippen LogP contribution in [0.1, 0.15) is 5.56 Å². The fourth-order valence-electron chi connectivity index (χ4n) is 2.45. The lowest BCUT2D eigenvalue weighted by Crippen LogP contribution is -2.28. The van der Waals surface area contributed by atoms with E-state index in [1.807, 2.05) is 12.1 Å². The molecular formula is C21H18BrClN2O4S. The maximum Gasteiger partial charge on any atom is 0.261 e. The van der Waals surface area contributed by atoms with Gasteiger partial charge >= 0.3 is 0 Å². The van der Waals surface area contributed by atoms with Crippen LogP contribution in [0.15, 0.2) is 82.2 Å². The zero-order chi connectivity index (χ0) is 21.6. The monoisotopic (exact) mass is 508 g/mol. The average Bonchev–Trinajstić information content (AvgIpc) is 2.73. The normalized spacial score (nSPS) is 11.0. The lowest BCUT2D eigenvalue weighted by Gasteiger charge is -2.10. The molecule has 3 aromatic carbocycles. The van der Waals surface area contributed by atoms with Crippen LogP contribution < -0.4 is 14.8 Å². The maximum absolute atomic E-state index is 12.5. The van der Waals surface area contributed by atoms with E-state index in [4.69, 9.17) is 16.3 Å². The van der Waals surface area contributed by atoms with Crippen LogP contribution in [0, 0.1) is 0 Å². The van der Waals surface area contributed by atoms with Gasteiger partial charge in [-0.05, 0) is 66.2 Å². The summed E-state index contributed by atoms with van der Waals surface area (Å²) in [5.74, 6) is 0.0952. The summed E-state index contributed by atoms with van der Waals surface area (Å²) in [6.07, 6.45) is 0. The van der Waals surface area contributed by atoms with Crippen molar-refractivity contribution in [1.29, 1.82) is 0 Å². The highest BCUT2D eigenvalue weighted by Crippen LogP contribution is 2.21. The molecule has 2 N–H and O–H groups in total. The molecule has 156 valence electrons. The van der Waals surface area contributed by atoms with Crippen molar-refractivity contribution in [2.24, 2.45) is 0 Å². The number of rotatable bonds is 8. The summed E-state index contributed by atoms with van der Waals surface area (Å²) >= 11 is 9.13. The van der Waals surface area contributed by atoms with Crippen LogP contribution in [0.25, 0.3) is 0 Å². The van der Waals surface area contributed by atoms with Gasteiger partial charge in [-0.2, -0.15) is 0 Å². The van der Waals surface area contributed by atoms with Crippen molar-refractivity contribution in [3.8, 4) is 5.75 Å². The first-order chi connectivity index (χ1) is 14.3. The molecule has 9 heteroatoms. The Morgan fingerprint density at radius 2 is 1.57 bits per heavy atom.